The van der Waals surface area contributed by atoms with Crippen molar-refractivity contribution in [3.05, 3.63) is 46.6 Å². The summed E-state index contributed by atoms with van der Waals surface area (Å²) >= 11 is 5.29. The fourth-order valence-corrected chi connectivity index (χ4v) is 2.43. The Labute approximate surface area is 119 Å². The van der Waals surface area contributed by atoms with E-state index in [2.05, 4.69) is 9.97 Å². The molecule has 20 heavy (non-hydrogen) atoms. The first-order valence-corrected chi connectivity index (χ1v) is 6.43. The number of nitrogens with one attached hydrogen (secondary N) is 1. The van der Waals surface area contributed by atoms with Crippen LogP contribution in [0.4, 0.5) is 4.39 Å². The highest BCUT2D eigenvalue weighted by molar-refractivity contribution is 7.71. The second-order valence-electron chi connectivity index (χ2n) is 4.41. The summed E-state index contributed by atoms with van der Waals surface area (Å²) in [6, 6.07) is 6.39. The lowest BCUT2D eigenvalue weighted by Crippen LogP contribution is -2.00. The zero-order valence-electron chi connectivity index (χ0n) is 11.0. The van der Waals surface area contributed by atoms with Crippen molar-refractivity contribution in [3.63, 3.8) is 0 Å². The van der Waals surface area contributed by atoms with Crippen LogP contribution in [0.1, 0.15) is 5.56 Å². The van der Waals surface area contributed by atoms with Crippen LogP contribution in [-0.2, 0) is 0 Å². The molecule has 0 amide bonds. The summed E-state index contributed by atoms with van der Waals surface area (Å²) in [6.45, 7) is 1.95. The van der Waals surface area contributed by atoms with E-state index in [0.29, 0.717) is 21.9 Å². The molecule has 6 heteroatoms. The SMILES string of the molecule is COc1ccc(F)c(-n2c(=S)[nH]c3c(C)ccnc32)c1. The summed E-state index contributed by atoms with van der Waals surface area (Å²) in [5.41, 5.74) is 2.73. The van der Waals surface area contributed by atoms with Crippen LogP contribution in [0.5, 0.6) is 5.75 Å². The van der Waals surface area contributed by atoms with Crippen molar-refractivity contribution in [1.29, 1.82) is 0 Å². The van der Waals surface area contributed by atoms with E-state index >= 15 is 0 Å². The van der Waals surface area contributed by atoms with Crippen molar-refractivity contribution in [1.82, 2.24) is 14.5 Å². The fraction of sp³-hybridized carbons (Fsp3) is 0.143. The van der Waals surface area contributed by atoms with Crippen LogP contribution in [-0.4, -0.2) is 21.6 Å². The van der Waals surface area contributed by atoms with E-state index in [4.69, 9.17) is 17.0 Å². The van der Waals surface area contributed by atoms with Gasteiger partial charge in [0.1, 0.15) is 11.6 Å². The maximum Gasteiger partial charge on any atom is 0.184 e. The molecule has 0 spiro atoms. The van der Waals surface area contributed by atoms with Gasteiger partial charge in [-0.2, -0.15) is 0 Å². The summed E-state index contributed by atoms with van der Waals surface area (Å²) in [5, 5.41) is 0. The number of halogens is 1. The van der Waals surface area contributed by atoms with Gasteiger partial charge in [0.2, 0.25) is 0 Å². The molecule has 0 aliphatic carbocycles. The first kappa shape index (κ1) is 12.8. The number of ether oxygens (including phenoxy) is 1. The number of benzene rings is 1. The van der Waals surface area contributed by atoms with E-state index in [0.717, 1.165) is 11.1 Å². The number of methoxy groups -OCH3 is 1. The quantitative estimate of drug-likeness (QED) is 0.734. The number of imidazole rings is 1. The van der Waals surface area contributed by atoms with Crippen LogP contribution in [0.25, 0.3) is 16.9 Å². The minimum Gasteiger partial charge on any atom is -0.497 e. The van der Waals surface area contributed by atoms with E-state index in [1.54, 1.807) is 22.9 Å². The van der Waals surface area contributed by atoms with Gasteiger partial charge in [-0.3, -0.25) is 4.57 Å². The Hall–Kier alpha value is -2.21. The molecule has 0 saturated heterocycles. The average molecular weight is 289 g/mol. The van der Waals surface area contributed by atoms with Gasteiger partial charge >= 0.3 is 0 Å². The number of nitrogens with zero attached hydrogens (tertiary/aromatic N) is 2. The van der Waals surface area contributed by atoms with E-state index in [1.807, 2.05) is 13.0 Å². The van der Waals surface area contributed by atoms with Crippen LogP contribution in [0, 0.1) is 17.5 Å². The second-order valence-corrected chi connectivity index (χ2v) is 4.80. The van der Waals surface area contributed by atoms with Crippen LogP contribution < -0.4 is 4.74 Å². The summed E-state index contributed by atoms with van der Waals surface area (Å²) in [5.74, 6) is 0.177. The number of rotatable bonds is 2. The minimum absolute atomic E-state index is 0.318. The number of aromatic nitrogens is 3. The standard InChI is InChI=1S/C14H12FN3OS/c1-8-5-6-16-13-12(8)17-14(20)18(13)11-7-9(19-2)3-4-10(11)15/h3-7H,1-2H3,(H,17,20). The van der Waals surface area contributed by atoms with Crippen molar-refractivity contribution in [2.24, 2.45) is 0 Å². The number of hydrogen-bond acceptors (Lipinski definition) is 3. The molecule has 3 rings (SSSR count). The van der Waals surface area contributed by atoms with Gasteiger partial charge in [0.05, 0.1) is 18.3 Å². The molecule has 3 aromatic rings. The lowest BCUT2D eigenvalue weighted by Gasteiger charge is -2.08. The van der Waals surface area contributed by atoms with Gasteiger partial charge in [0.25, 0.3) is 0 Å². The molecule has 0 saturated carbocycles. The van der Waals surface area contributed by atoms with Gasteiger partial charge in [-0.05, 0) is 42.9 Å². The second kappa shape index (κ2) is 4.72. The third kappa shape index (κ3) is 1.89. The third-order valence-corrected chi connectivity index (χ3v) is 3.46. The molecule has 0 bridgehead atoms. The minimum atomic E-state index is -0.383. The molecule has 0 fully saturated rings. The topological polar surface area (TPSA) is 42.8 Å². The Bertz CT molecular complexity index is 853. The first-order valence-electron chi connectivity index (χ1n) is 6.02. The Morgan fingerprint density at radius 3 is 2.90 bits per heavy atom. The van der Waals surface area contributed by atoms with Crippen molar-refractivity contribution in [2.45, 2.75) is 6.92 Å². The van der Waals surface area contributed by atoms with Gasteiger partial charge in [-0.25, -0.2) is 9.37 Å². The average Bonchev–Trinajstić information content (AvgIpc) is 2.77. The monoisotopic (exact) mass is 289 g/mol. The van der Waals surface area contributed by atoms with Crippen molar-refractivity contribution in [3.8, 4) is 11.4 Å². The van der Waals surface area contributed by atoms with Crippen molar-refractivity contribution >= 4 is 23.4 Å². The Balaban J connectivity index is 2.38. The number of hydrogen-bond donors (Lipinski definition) is 1. The largest absolute Gasteiger partial charge is 0.497 e. The Morgan fingerprint density at radius 1 is 1.35 bits per heavy atom. The molecule has 0 aliphatic heterocycles. The number of H-pyrrole nitrogens is 1. The van der Waals surface area contributed by atoms with Crippen LogP contribution in [0.3, 0.4) is 0 Å². The smallest absolute Gasteiger partial charge is 0.184 e. The number of aryl methyl sites for hydroxylation is 1. The van der Waals surface area contributed by atoms with Crippen molar-refractivity contribution in [2.75, 3.05) is 7.11 Å². The molecule has 2 aromatic heterocycles. The first-order chi connectivity index (χ1) is 9.61. The molecule has 102 valence electrons. The zero-order chi connectivity index (χ0) is 14.3. The highest BCUT2D eigenvalue weighted by Gasteiger charge is 2.13. The van der Waals surface area contributed by atoms with Crippen molar-refractivity contribution < 1.29 is 9.13 Å². The predicted molar refractivity (Wildman–Crippen MR) is 77.5 cm³/mol. The molecule has 1 N–H and O–H groups in total. The lowest BCUT2D eigenvalue weighted by atomic mass is 10.2. The van der Waals surface area contributed by atoms with E-state index in [1.165, 1.54) is 13.2 Å². The maximum atomic E-state index is 14.1. The van der Waals surface area contributed by atoms with E-state index < -0.39 is 0 Å². The molecule has 0 aliphatic rings. The molecule has 1 aromatic carbocycles. The third-order valence-electron chi connectivity index (χ3n) is 3.18. The molecule has 0 unspecified atom stereocenters. The fourth-order valence-electron chi connectivity index (χ4n) is 2.14. The number of pyridine rings is 1. The lowest BCUT2D eigenvalue weighted by molar-refractivity contribution is 0.413. The van der Waals surface area contributed by atoms with Gasteiger partial charge in [-0.15, -0.1) is 0 Å². The predicted octanol–water partition coefficient (Wildman–Crippen LogP) is 3.54. The maximum absolute atomic E-state index is 14.1. The number of aromatic amines is 1. The number of fused-ring (bicyclic) bond motifs is 1. The van der Waals surface area contributed by atoms with Gasteiger partial charge in [-0.1, -0.05) is 0 Å². The Kier molecular flexibility index (Phi) is 3.02. The van der Waals surface area contributed by atoms with Gasteiger partial charge in [0.15, 0.2) is 10.4 Å². The van der Waals surface area contributed by atoms with Crippen LogP contribution in [0.2, 0.25) is 0 Å². The molecule has 2 heterocycles. The molecular weight excluding hydrogens is 277 g/mol. The summed E-state index contributed by atoms with van der Waals surface area (Å²) in [7, 11) is 1.54. The Morgan fingerprint density at radius 2 is 2.15 bits per heavy atom. The summed E-state index contributed by atoms with van der Waals surface area (Å²) in [4.78, 5) is 7.36. The summed E-state index contributed by atoms with van der Waals surface area (Å²) in [6.07, 6.45) is 1.68. The van der Waals surface area contributed by atoms with Gasteiger partial charge in [0, 0.05) is 12.3 Å². The highest BCUT2D eigenvalue weighted by atomic mass is 32.1. The summed E-state index contributed by atoms with van der Waals surface area (Å²) < 4.78 is 21.2. The molecule has 4 nitrogen and oxygen atoms in total. The van der Waals surface area contributed by atoms with E-state index in [9.17, 15) is 4.39 Å². The highest BCUT2D eigenvalue weighted by Crippen LogP contribution is 2.25. The van der Waals surface area contributed by atoms with Crippen LogP contribution in [0.15, 0.2) is 30.5 Å². The van der Waals surface area contributed by atoms with Gasteiger partial charge < -0.3 is 9.72 Å². The molecule has 0 radical (unpaired) electrons. The molecule has 0 atom stereocenters. The molecular formula is C14H12FN3OS. The zero-order valence-corrected chi connectivity index (χ0v) is 11.8. The normalized spacial score (nSPS) is 10.9. The van der Waals surface area contributed by atoms with E-state index in [-0.39, 0.29) is 5.82 Å². The van der Waals surface area contributed by atoms with Crippen LogP contribution >= 0.6 is 12.2 Å².